The molecule has 2 aromatic rings. The molecule has 0 aliphatic heterocycles. The number of nitrogens with zero attached hydrogens (tertiary/aromatic N) is 1. The van der Waals surface area contributed by atoms with Crippen LogP contribution in [-0.4, -0.2) is 11.1 Å². The van der Waals surface area contributed by atoms with Gasteiger partial charge in [-0.1, -0.05) is 11.2 Å². The Morgan fingerprint density at radius 2 is 2.25 bits per heavy atom. The smallest absolute Gasteiger partial charge is 0.277 e. The Hall–Kier alpha value is -2.30. The predicted molar refractivity (Wildman–Crippen MR) is 60.0 cm³/mol. The molecule has 0 aliphatic carbocycles. The minimum atomic E-state index is -0.317. The molecule has 2 rings (SSSR count). The molecule has 3 N–H and O–H groups in total. The molecule has 16 heavy (non-hydrogen) atoms. The van der Waals surface area contributed by atoms with Crippen LogP contribution in [0.15, 0.2) is 35.1 Å². The third-order valence-corrected chi connectivity index (χ3v) is 2.29. The number of nitrogen functional groups attached to an aromatic ring is 1. The van der Waals surface area contributed by atoms with Gasteiger partial charge in [0.25, 0.3) is 5.91 Å². The lowest BCUT2D eigenvalue weighted by Gasteiger charge is -2.08. The van der Waals surface area contributed by atoms with Crippen LogP contribution in [0, 0.1) is 6.92 Å². The summed E-state index contributed by atoms with van der Waals surface area (Å²) in [6.07, 6.45) is 1.35. The van der Waals surface area contributed by atoms with Crippen LogP contribution in [0.2, 0.25) is 0 Å². The fraction of sp³-hybridized carbons (Fsp3) is 0.0909. The van der Waals surface area contributed by atoms with Gasteiger partial charge in [-0.3, -0.25) is 4.79 Å². The Morgan fingerprint density at radius 3 is 2.94 bits per heavy atom. The molecule has 0 radical (unpaired) electrons. The Labute approximate surface area is 92.2 Å². The average molecular weight is 217 g/mol. The summed E-state index contributed by atoms with van der Waals surface area (Å²) in [7, 11) is 0. The summed E-state index contributed by atoms with van der Waals surface area (Å²) in [6, 6.07) is 6.84. The number of amides is 1. The van der Waals surface area contributed by atoms with Crippen molar-refractivity contribution in [3.8, 4) is 0 Å². The van der Waals surface area contributed by atoms with Gasteiger partial charge in [0.1, 0.15) is 6.26 Å². The van der Waals surface area contributed by atoms with Crippen molar-refractivity contribution in [1.29, 1.82) is 0 Å². The third-order valence-electron chi connectivity index (χ3n) is 2.29. The molecule has 5 nitrogen and oxygen atoms in total. The summed E-state index contributed by atoms with van der Waals surface area (Å²) >= 11 is 0. The number of nitrogens with one attached hydrogen (secondary N) is 1. The number of carbonyl (C=O) groups is 1. The van der Waals surface area contributed by atoms with Crippen LogP contribution in [-0.2, 0) is 0 Å². The molecule has 0 atom stereocenters. The predicted octanol–water partition coefficient (Wildman–Crippen LogP) is 1.82. The van der Waals surface area contributed by atoms with E-state index in [-0.39, 0.29) is 11.6 Å². The average Bonchev–Trinajstić information content (AvgIpc) is 2.78. The molecular formula is C11H11N3O2. The molecule has 1 heterocycles. The van der Waals surface area contributed by atoms with E-state index in [9.17, 15) is 4.79 Å². The second kappa shape index (κ2) is 4.06. The lowest BCUT2D eigenvalue weighted by Crippen LogP contribution is -2.13. The van der Waals surface area contributed by atoms with Crippen molar-refractivity contribution >= 4 is 17.3 Å². The number of aromatic nitrogens is 1. The number of hydrogen-bond donors (Lipinski definition) is 2. The van der Waals surface area contributed by atoms with Crippen molar-refractivity contribution in [1.82, 2.24) is 5.16 Å². The fourth-order valence-corrected chi connectivity index (χ4v) is 1.30. The number of benzene rings is 1. The molecule has 0 unspecified atom stereocenters. The maximum atomic E-state index is 11.7. The van der Waals surface area contributed by atoms with Gasteiger partial charge >= 0.3 is 0 Å². The lowest BCUT2D eigenvalue weighted by molar-refractivity contribution is 0.101. The van der Waals surface area contributed by atoms with Crippen molar-refractivity contribution in [2.24, 2.45) is 0 Å². The standard InChI is InChI=1S/C11H11N3O2/c1-7-8(12)3-2-4-9(7)13-11(15)10-5-6-16-14-10/h2-6H,12H2,1H3,(H,13,15). The third kappa shape index (κ3) is 1.88. The summed E-state index contributed by atoms with van der Waals surface area (Å²) < 4.78 is 4.59. The van der Waals surface area contributed by atoms with E-state index in [4.69, 9.17) is 5.73 Å². The van der Waals surface area contributed by atoms with E-state index in [2.05, 4.69) is 15.0 Å². The summed E-state index contributed by atoms with van der Waals surface area (Å²) in [5, 5.41) is 6.26. The van der Waals surface area contributed by atoms with Crippen molar-refractivity contribution in [2.75, 3.05) is 11.1 Å². The highest BCUT2D eigenvalue weighted by Gasteiger charge is 2.10. The molecule has 0 spiro atoms. The van der Waals surface area contributed by atoms with Crippen LogP contribution < -0.4 is 11.1 Å². The summed E-state index contributed by atoms with van der Waals surface area (Å²) in [5.41, 5.74) is 8.11. The van der Waals surface area contributed by atoms with Gasteiger partial charge in [-0.15, -0.1) is 0 Å². The second-order valence-electron chi connectivity index (χ2n) is 3.36. The van der Waals surface area contributed by atoms with E-state index in [0.29, 0.717) is 11.4 Å². The zero-order chi connectivity index (χ0) is 11.5. The lowest BCUT2D eigenvalue weighted by atomic mass is 10.1. The van der Waals surface area contributed by atoms with E-state index >= 15 is 0 Å². The molecule has 0 saturated carbocycles. The van der Waals surface area contributed by atoms with Crippen molar-refractivity contribution in [2.45, 2.75) is 6.92 Å². The van der Waals surface area contributed by atoms with Gasteiger partial charge < -0.3 is 15.6 Å². The Morgan fingerprint density at radius 1 is 1.44 bits per heavy atom. The van der Waals surface area contributed by atoms with Crippen LogP contribution in [0.5, 0.6) is 0 Å². The van der Waals surface area contributed by atoms with Gasteiger partial charge in [-0.25, -0.2) is 0 Å². The normalized spacial score (nSPS) is 10.1. The minimum absolute atomic E-state index is 0.238. The van der Waals surface area contributed by atoms with E-state index in [1.807, 2.05) is 6.92 Å². The monoisotopic (exact) mass is 217 g/mol. The van der Waals surface area contributed by atoms with Crippen LogP contribution >= 0.6 is 0 Å². The van der Waals surface area contributed by atoms with E-state index in [1.54, 1.807) is 18.2 Å². The number of nitrogens with two attached hydrogens (primary N) is 1. The zero-order valence-corrected chi connectivity index (χ0v) is 8.73. The number of hydrogen-bond acceptors (Lipinski definition) is 4. The van der Waals surface area contributed by atoms with Gasteiger partial charge in [0, 0.05) is 17.4 Å². The van der Waals surface area contributed by atoms with E-state index in [1.165, 1.54) is 12.3 Å². The molecule has 0 bridgehead atoms. The minimum Gasteiger partial charge on any atom is -0.398 e. The highest BCUT2D eigenvalue weighted by molar-refractivity contribution is 6.03. The molecule has 0 fully saturated rings. The zero-order valence-electron chi connectivity index (χ0n) is 8.73. The van der Waals surface area contributed by atoms with Gasteiger partial charge in [-0.05, 0) is 24.6 Å². The molecular weight excluding hydrogens is 206 g/mol. The van der Waals surface area contributed by atoms with Crippen molar-refractivity contribution in [3.05, 3.63) is 41.8 Å². The summed E-state index contributed by atoms with van der Waals surface area (Å²) in [6.45, 7) is 1.84. The van der Waals surface area contributed by atoms with Crippen molar-refractivity contribution < 1.29 is 9.32 Å². The maximum absolute atomic E-state index is 11.7. The molecule has 0 aliphatic rings. The van der Waals surface area contributed by atoms with E-state index < -0.39 is 0 Å². The van der Waals surface area contributed by atoms with Gasteiger partial charge in [0.2, 0.25) is 0 Å². The SMILES string of the molecule is Cc1c(N)cccc1NC(=O)c1ccon1. The van der Waals surface area contributed by atoms with Crippen LogP contribution in [0.3, 0.4) is 0 Å². The highest BCUT2D eigenvalue weighted by Crippen LogP contribution is 2.20. The fourth-order valence-electron chi connectivity index (χ4n) is 1.30. The van der Waals surface area contributed by atoms with Crippen LogP contribution in [0.1, 0.15) is 16.1 Å². The van der Waals surface area contributed by atoms with Crippen LogP contribution in [0.25, 0.3) is 0 Å². The summed E-state index contributed by atoms with van der Waals surface area (Å²) in [5.74, 6) is -0.317. The van der Waals surface area contributed by atoms with Gasteiger partial charge in [-0.2, -0.15) is 0 Å². The maximum Gasteiger partial charge on any atom is 0.277 e. The first-order chi connectivity index (χ1) is 7.68. The highest BCUT2D eigenvalue weighted by atomic mass is 16.5. The van der Waals surface area contributed by atoms with Gasteiger partial charge in [0.05, 0.1) is 0 Å². The van der Waals surface area contributed by atoms with E-state index in [0.717, 1.165) is 5.56 Å². The number of carbonyl (C=O) groups excluding carboxylic acids is 1. The Kier molecular flexibility index (Phi) is 2.59. The Bertz CT molecular complexity index is 506. The molecule has 1 aromatic carbocycles. The Balaban J connectivity index is 2.22. The summed E-state index contributed by atoms with van der Waals surface area (Å²) in [4.78, 5) is 11.7. The quantitative estimate of drug-likeness (QED) is 0.752. The molecule has 5 heteroatoms. The number of anilines is 2. The molecule has 82 valence electrons. The largest absolute Gasteiger partial charge is 0.398 e. The first kappa shape index (κ1) is 10.2. The second-order valence-corrected chi connectivity index (χ2v) is 3.36. The van der Waals surface area contributed by atoms with Crippen molar-refractivity contribution in [3.63, 3.8) is 0 Å². The molecule has 1 aromatic heterocycles. The molecule has 1 amide bonds. The number of rotatable bonds is 2. The van der Waals surface area contributed by atoms with Gasteiger partial charge in [0.15, 0.2) is 5.69 Å². The molecule has 0 saturated heterocycles. The van der Waals surface area contributed by atoms with Crippen LogP contribution in [0.4, 0.5) is 11.4 Å². The topological polar surface area (TPSA) is 81.1 Å². The first-order valence-electron chi connectivity index (χ1n) is 4.75. The first-order valence-corrected chi connectivity index (χ1v) is 4.75.